The van der Waals surface area contributed by atoms with Crippen molar-refractivity contribution >= 4 is 66.0 Å². The van der Waals surface area contributed by atoms with Crippen LogP contribution < -0.4 is 10.1 Å². The number of aliphatic imine (C=N–C) groups is 1. The molecule has 1 amide bonds. The van der Waals surface area contributed by atoms with E-state index in [0.717, 1.165) is 56.6 Å². The van der Waals surface area contributed by atoms with Crippen LogP contribution in [0.5, 0.6) is 5.75 Å². The summed E-state index contributed by atoms with van der Waals surface area (Å²) in [7, 11) is 0. The van der Waals surface area contributed by atoms with E-state index in [1.165, 1.54) is 23.3 Å². The summed E-state index contributed by atoms with van der Waals surface area (Å²) < 4.78 is 7.36. The van der Waals surface area contributed by atoms with Gasteiger partial charge < -0.3 is 10.1 Å². The van der Waals surface area contributed by atoms with Crippen molar-refractivity contribution in [2.45, 2.75) is 38.5 Å². The number of hydrogen-bond donors (Lipinski definition) is 1. The Morgan fingerprint density at radius 1 is 1.09 bits per heavy atom. The molecule has 0 radical (unpaired) electrons. The summed E-state index contributed by atoms with van der Waals surface area (Å²) in [6.07, 6.45) is 10.1. The monoisotopic (exact) mass is 600 g/mol. The van der Waals surface area contributed by atoms with Gasteiger partial charge in [-0.3, -0.25) is 4.79 Å². The highest BCUT2D eigenvalue weighted by Crippen LogP contribution is 2.40. The molecule has 4 nitrogen and oxygen atoms in total. The summed E-state index contributed by atoms with van der Waals surface area (Å²) in [5.74, 6) is 0.631. The van der Waals surface area contributed by atoms with Crippen molar-refractivity contribution in [3.63, 3.8) is 0 Å². The number of carbonyl (C=O) groups is 1. The Balaban J connectivity index is 1.68. The minimum atomic E-state index is -0.0908. The molecule has 3 aromatic rings. The number of rotatable bonds is 7. The summed E-state index contributed by atoms with van der Waals surface area (Å²) in [4.78, 5) is 19.5. The van der Waals surface area contributed by atoms with Crippen molar-refractivity contribution in [1.82, 2.24) is 0 Å². The molecule has 7 heteroatoms. The van der Waals surface area contributed by atoms with E-state index in [-0.39, 0.29) is 5.91 Å². The van der Waals surface area contributed by atoms with E-state index in [1.807, 2.05) is 48.7 Å². The van der Waals surface area contributed by atoms with Gasteiger partial charge in [-0.15, -0.1) is 11.3 Å². The molecule has 34 heavy (non-hydrogen) atoms. The number of halogens is 2. The van der Waals surface area contributed by atoms with Crippen molar-refractivity contribution in [1.29, 1.82) is 0 Å². The van der Waals surface area contributed by atoms with Crippen LogP contribution in [-0.4, -0.2) is 18.7 Å². The quantitative estimate of drug-likeness (QED) is 0.218. The third kappa shape index (κ3) is 6.06. The van der Waals surface area contributed by atoms with Gasteiger partial charge in [-0.05, 0) is 92.9 Å². The predicted octanol–water partition coefficient (Wildman–Crippen LogP) is 8.50. The normalized spacial score (nSPS) is 13.7. The summed E-state index contributed by atoms with van der Waals surface area (Å²) in [6, 6.07) is 13.5. The molecular formula is C27H26Br2N2O2S. The summed E-state index contributed by atoms with van der Waals surface area (Å²) in [5.41, 5.74) is 3.57. The second-order valence-corrected chi connectivity index (χ2v) is 10.9. The van der Waals surface area contributed by atoms with Gasteiger partial charge in [0.15, 0.2) is 0 Å². The van der Waals surface area contributed by atoms with Crippen molar-refractivity contribution in [3.05, 3.63) is 85.6 Å². The fraction of sp³-hybridized carbons (Fsp3) is 0.259. The van der Waals surface area contributed by atoms with Gasteiger partial charge in [0.1, 0.15) is 17.4 Å². The Kier molecular flexibility index (Phi) is 8.75. The van der Waals surface area contributed by atoms with Crippen LogP contribution in [0.2, 0.25) is 0 Å². The van der Waals surface area contributed by atoms with Crippen molar-refractivity contribution < 1.29 is 9.53 Å². The van der Waals surface area contributed by atoms with Crippen molar-refractivity contribution in [2.24, 2.45) is 4.99 Å². The van der Waals surface area contributed by atoms with Crippen LogP contribution in [0.15, 0.2) is 69.1 Å². The maximum atomic E-state index is 13.4. The average molecular weight is 602 g/mol. The minimum absolute atomic E-state index is 0.0908. The van der Waals surface area contributed by atoms with Crippen LogP contribution >= 0.6 is 43.2 Å². The van der Waals surface area contributed by atoms with E-state index in [1.54, 1.807) is 17.4 Å². The van der Waals surface area contributed by atoms with E-state index >= 15 is 0 Å². The zero-order valence-electron chi connectivity index (χ0n) is 18.8. The standard InChI is InChI=1S/C27H26Br2N2O2S/c1-2-14-33-25-21(28)15-18(16-22(25)29)17-30-27-24(26(32)31-19-10-6-5-7-11-19)20-12-8-3-4-9-13-23(20)34-27/h2,5-7,10-11,15-17H,1,3-4,8-9,12-14H2,(H,31,32). The Labute approximate surface area is 221 Å². The number of aryl methyl sites for hydroxylation is 1. The van der Waals surface area contributed by atoms with Crippen LogP contribution in [0.1, 0.15) is 52.0 Å². The molecule has 0 spiro atoms. The number of fused-ring (bicyclic) bond motifs is 1. The SMILES string of the molecule is C=CCOc1c(Br)cc(C=Nc2sc3c(c2C(=O)Nc2ccccc2)CCCCCC3)cc1Br. The maximum absolute atomic E-state index is 13.4. The Morgan fingerprint density at radius 2 is 1.79 bits per heavy atom. The molecule has 1 aliphatic carbocycles. The minimum Gasteiger partial charge on any atom is -0.487 e. The zero-order chi connectivity index (χ0) is 23.9. The fourth-order valence-electron chi connectivity index (χ4n) is 4.01. The molecule has 1 aliphatic rings. The molecule has 176 valence electrons. The second-order valence-electron chi connectivity index (χ2n) is 8.09. The lowest BCUT2D eigenvalue weighted by atomic mass is 9.96. The van der Waals surface area contributed by atoms with Gasteiger partial charge >= 0.3 is 0 Å². The molecule has 0 fully saturated rings. The molecule has 1 aromatic heterocycles. The fourth-order valence-corrected chi connectivity index (χ4v) is 6.69. The van der Waals surface area contributed by atoms with Crippen LogP contribution in [-0.2, 0) is 12.8 Å². The number of amides is 1. The molecule has 2 aromatic carbocycles. The van der Waals surface area contributed by atoms with Crippen LogP contribution in [0, 0.1) is 0 Å². The van der Waals surface area contributed by atoms with Gasteiger partial charge in [0, 0.05) is 16.8 Å². The molecular weight excluding hydrogens is 576 g/mol. The molecule has 4 rings (SSSR count). The van der Waals surface area contributed by atoms with Crippen LogP contribution in [0.25, 0.3) is 0 Å². The lowest BCUT2D eigenvalue weighted by Gasteiger charge is -2.12. The highest BCUT2D eigenvalue weighted by Gasteiger charge is 2.24. The van der Waals surface area contributed by atoms with Gasteiger partial charge in [-0.1, -0.05) is 43.7 Å². The molecule has 0 unspecified atom stereocenters. The predicted molar refractivity (Wildman–Crippen MR) is 149 cm³/mol. The average Bonchev–Trinajstić information content (AvgIpc) is 3.14. The van der Waals surface area contributed by atoms with E-state index < -0.39 is 0 Å². The number of thiophene rings is 1. The number of para-hydroxylation sites is 1. The lowest BCUT2D eigenvalue weighted by Crippen LogP contribution is -2.14. The molecule has 1 N–H and O–H groups in total. The van der Waals surface area contributed by atoms with Gasteiger partial charge in [0.2, 0.25) is 0 Å². The topological polar surface area (TPSA) is 50.7 Å². The molecule has 0 atom stereocenters. The van der Waals surface area contributed by atoms with Crippen LogP contribution in [0.4, 0.5) is 10.7 Å². The molecule has 1 heterocycles. The van der Waals surface area contributed by atoms with Gasteiger partial charge in [-0.25, -0.2) is 4.99 Å². The largest absolute Gasteiger partial charge is 0.487 e. The van der Waals surface area contributed by atoms with Crippen LogP contribution in [0.3, 0.4) is 0 Å². The number of anilines is 1. The first-order chi connectivity index (χ1) is 16.6. The first kappa shape index (κ1) is 24.9. The summed E-state index contributed by atoms with van der Waals surface area (Å²) in [5, 5.41) is 3.83. The first-order valence-corrected chi connectivity index (χ1v) is 13.7. The first-order valence-electron chi connectivity index (χ1n) is 11.3. The zero-order valence-corrected chi connectivity index (χ0v) is 22.8. The van der Waals surface area contributed by atoms with Gasteiger partial charge in [0.05, 0.1) is 14.5 Å². The van der Waals surface area contributed by atoms with E-state index in [0.29, 0.717) is 12.2 Å². The molecule has 0 saturated heterocycles. The number of hydrogen-bond acceptors (Lipinski definition) is 4. The Hall–Kier alpha value is -2.22. The van der Waals surface area contributed by atoms with Crippen molar-refractivity contribution in [3.8, 4) is 5.75 Å². The number of carbonyl (C=O) groups excluding carboxylic acids is 1. The van der Waals surface area contributed by atoms with Gasteiger partial charge in [-0.2, -0.15) is 0 Å². The Bertz CT molecular complexity index is 1180. The van der Waals surface area contributed by atoms with E-state index in [9.17, 15) is 4.79 Å². The molecule has 0 aliphatic heterocycles. The number of benzene rings is 2. The number of ether oxygens (including phenoxy) is 1. The van der Waals surface area contributed by atoms with Crippen molar-refractivity contribution in [2.75, 3.05) is 11.9 Å². The van der Waals surface area contributed by atoms with Gasteiger partial charge in [0.25, 0.3) is 5.91 Å². The number of nitrogens with zero attached hydrogens (tertiary/aromatic N) is 1. The summed E-state index contributed by atoms with van der Waals surface area (Å²) >= 11 is 8.81. The third-order valence-electron chi connectivity index (χ3n) is 5.61. The molecule has 0 bridgehead atoms. The highest BCUT2D eigenvalue weighted by atomic mass is 79.9. The van der Waals surface area contributed by atoms with E-state index in [4.69, 9.17) is 9.73 Å². The smallest absolute Gasteiger partial charge is 0.259 e. The highest BCUT2D eigenvalue weighted by molar-refractivity contribution is 9.11. The van der Waals surface area contributed by atoms with E-state index in [2.05, 4.69) is 43.8 Å². The number of nitrogens with one attached hydrogen (secondary N) is 1. The third-order valence-corrected chi connectivity index (χ3v) is 7.99. The summed E-state index contributed by atoms with van der Waals surface area (Å²) in [6.45, 7) is 4.12. The molecule has 0 saturated carbocycles. The lowest BCUT2D eigenvalue weighted by molar-refractivity contribution is 0.102. The Morgan fingerprint density at radius 3 is 2.50 bits per heavy atom. The maximum Gasteiger partial charge on any atom is 0.259 e. The second kappa shape index (κ2) is 12.0.